The summed E-state index contributed by atoms with van der Waals surface area (Å²) < 4.78 is 0. The Bertz CT molecular complexity index is 1030. The van der Waals surface area contributed by atoms with Crippen LogP contribution < -0.4 is 0 Å². The summed E-state index contributed by atoms with van der Waals surface area (Å²) in [6, 6.07) is 15.2. The first-order chi connectivity index (χ1) is 15.5. The maximum Gasteiger partial charge on any atom is 0.126 e. The Morgan fingerprint density at radius 3 is 1.44 bits per heavy atom. The van der Waals surface area contributed by atoms with E-state index >= 15 is 0 Å². The van der Waals surface area contributed by atoms with Crippen molar-refractivity contribution in [3.05, 3.63) is 93.0 Å². The highest BCUT2D eigenvalue weighted by atomic mass is 16.3. The van der Waals surface area contributed by atoms with Gasteiger partial charge >= 0.3 is 0 Å². The van der Waals surface area contributed by atoms with E-state index in [0.717, 1.165) is 23.1 Å². The molecule has 1 aliphatic carbocycles. The van der Waals surface area contributed by atoms with E-state index in [4.69, 9.17) is 0 Å². The van der Waals surface area contributed by atoms with E-state index in [1.165, 1.54) is 5.56 Å². The second-order valence-corrected chi connectivity index (χ2v) is 8.45. The van der Waals surface area contributed by atoms with E-state index < -0.39 is 5.41 Å². The minimum atomic E-state index is -0.614. The first kappa shape index (κ1) is 22.3. The molecule has 0 unspecified atom stereocenters. The van der Waals surface area contributed by atoms with Crippen LogP contribution in [0.5, 0.6) is 11.5 Å². The average Bonchev–Trinajstić information content (AvgIpc) is 2.83. The first-order valence-corrected chi connectivity index (χ1v) is 10.7. The van der Waals surface area contributed by atoms with E-state index in [-0.39, 0.29) is 37.9 Å². The lowest BCUT2D eigenvalue weighted by Crippen LogP contribution is -2.35. The molecule has 0 atom stereocenters. The van der Waals surface area contributed by atoms with Crippen molar-refractivity contribution in [3.63, 3.8) is 0 Å². The van der Waals surface area contributed by atoms with Gasteiger partial charge in [0, 0.05) is 27.7 Å². The summed E-state index contributed by atoms with van der Waals surface area (Å²) >= 11 is 0. The Balaban J connectivity index is 2.01. The number of benzene rings is 3. The largest absolute Gasteiger partial charge is 0.507 e. The molecule has 0 spiro atoms. The van der Waals surface area contributed by atoms with E-state index in [0.29, 0.717) is 35.1 Å². The molecule has 0 heterocycles. The van der Waals surface area contributed by atoms with Crippen LogP contribution in [0.1, 0.15) is 50.9 Å². The second kappa shape index (κ2) is 8.92. The van der Waals surface area contributed by atoms with Crippen LogP contribution in [0.15, 0.2) is 48.5 Å². The normalized spacial score (nSPS) is 14.9. The Morgan fingerprint density at radius 2 is 1.03 bits per heavy atom. The van der Waals surface area contributed by atoms with Gasteiger partial charge in [0.05, 0.1) is 26.4 Å². The topological polar surface area (TPSA) is 121 Å². The van der Waals surface area contributed by atoms with Crippen LogP contribution in [0.2, 0.25) is 0 Å². The van der Waals surface area contributed by atoms with E-state index in [1.54, 1.807) is 24.3 Å². The van der Waals surface area contributed by atoms with Crippen molar-refractivity contribution >= 4 is 0 Å². The van der Waals surface area contributed by atoms with E-state index in [2.05, 4.69) is 12.1 Å². The summed E-state index contributed by atoms with van der Waals surface area (Å²) in [6.07, 6.45) is 2.10. The summed E-state index contributed by atoms with van der Waals surface area (Å²) in [6.45, 7) is -1.51. The minimum Gasteiger partial charge on any atom is -0.507 e. The quantitative estimate of drug-likeness (QED) is 0.353. The summed E-state index contributed by atoms with van der Waals surface area (Å²) in [5, 5.41) is 60.1. The molecule has 4 rings (SSSR count). The van der Waals surface area contributed by atoms with E-state index in [1.807, 2.05) is 12.1 Å². The lowest BCUT2D eigenvalue weighted by atomic mass is 9.63. The molecule has 6 heteroatoms. The van der Waals surface area contributed by atoms with Crippen LogP contribution >= 0.6 is 0 Å². The average molecular weight is 437 g/mol. The molecule has 0 saturated carbocycles. The second-order valence-electron chi connectivity index (χ2n) is 8.45. The summed E-state index contributed by atoms with van der Waals surface area (Å²) in [7, 11) is 0. The molecule has 0 fully saturated rings. The van der Waals surface area contributed by atoms with Gasteiger partial charge in [-0.3, -0.25) is 0 Å². The van der Waals surface area contributed by atoms with Gasteiger partial charge in [-0.15, -0.1) is 0 Å². The predicted octanol–water partition coefficient (Wildman–Crippen LogP) is 2.54. The molecule has 0 aliphatic heterocycles. The van der Waals surface area contributed by atoms with Gasteiger partial charge in [-0.1, -0.05) is 24.3 Å². The van der Waals surface area contributed by atoms with Crippen molar-refractivity contribution in [1.82, 2.24) is 0 Å². The molecule has 168 valence electrons. The molecule has 6 nitrogen and oxygen atoms in total. The fourth-order valence-corrected chi connectivity index (χ4v) is 4.95. The van der Waals surface area contributed by atoms with Crippen molar-refractivity contribution in [3.8, 4) is 11.5 Å². The van der Waals surface area contributed by atoms with Gasteiger partial charge in [-0.25, -0.2) is 0 Å². The number of aliphatic hydroxyl groups is 4. The van der Waals surface area contributed by atoms with Crippen molar-refractivity contribution in [1.29, 1.82) is 0 Å². The van der Waals surface area contributed by atoms with Crippen LogP contribution in [0, 0.1) is 0 Å². The summed E-state index contributed by atoms with van der Waals surface area (Å²) in [5.74, 6) is -0.245. The van der Waals surface area contributed by atoms with E-state index in [9.17, 15) is 30.6 Å². The maximum atomic E-state index is 10.4. The fraction of sp³-hybridized carbons (Fsp3) is 0.308. The third kappa shape index (κ3) is 3.65. The molecule has 0 amide bonds. The number of fused-ring (bicyclic) bond motifs is 1. The Hall–Kier alpha value is -2.90. The summed E-state index contributed by atoms with van der Waals surface area (Å²) in [5.41, 5.74) is 4.73. The summed E-state index contributed by atoms with van der Waals surface area (Å²) in [4.78, 5) is 0. The maximum absolute atomic E-state index is 10.4. The molecular formula is C26H28O6. The molecular weight excluding hydrogens is 408 g/mol. The lowest BCUT2D eigenvalue weighted by molar-refractivity contribution is 0.262. The molecule has 6 N–H and O–H groups in total. The highest BCUT2D eigenvalue weighted by Gasteiger charge is 2.39. The first-order valence-electron chi connectivity index (χ1n) is 10.7. The number of hydrogen-bond acceptors (Lipinski definition) is 6. The molecule has 32 heavy (non-hydrogen) atoms. The molecule has 0 saturated heterocycles. The van der Waals surface area contributed by atoms with Crippen molar-refractivity contribution < 1.29 is 30.6 Å². The Labute approximate surface area is 186 Å². The monoisotopic (exact) mass is 436 g/mol. The number of hydrogen-bond donors (Lipinski definition) is 6. The highest BCUT2D eigenvalue weighted by Crippen LogP contribution is 2.47. The SMILES string of the molecule is OCc1cc(C2(c3cc(CO)c(O)c(CO)c3)CCc3ccccc3C2)cc(CO)c1O. The Kier molecular flexibility index (Phi) is 6.22. The van der Waals surface area contributed by atoms with Gasteiger partial charge in [0.1, 0.15) is 11.5 Å². The van der Waals surface area contributed by atoms with Gasteiger partial charge < -0.3 is 30.6 Å². The van der Waals surface area contributed by atoms with Gasteiger partial charge in [0.15, 0.2) is 0 Å². The smallest absolute Gasteiger partial charge is 0.126 e. The standard InChI is InChI=1S/C26H28O6/c27-12-18-7-22(8-19(13-28)24(18)31)26(6-5-16-3-1-2-4-17(16)11-26)23-9-20(14-29)25(32)21(10-23)15-30/h1-4,7-10,27-32H,5-6,11-15H2. The fourth-order valence-electron chi connectivity index (χ4n) is 4.95. The number of rotatable bonds is 6. The minimum absolute atomic E-state index is 0.122. The van der Waals surface area contributed by atoms with Crippen LogP contribution in [-0.2, 0) is 44.7 Å². The van der Waals surface area contributed by atoms with Gasteiger partial charge in [0.25, 0.3) is 0 Å². The third-order valence-corrected chi connectivity index (χ3v) is 6.75. The van der Waals surface area contributed by atoms with Crippen LogP contribution in [0.25, 0.3) is 0 Å². The molecule has 0 radical (unpaired) electrons. The molecule has 3 aromatic carbocycles. The number of aliphatic hydroxyl groups excluding tert-OH is 4. The van der Waals surface area contributed by atoms with Gasteiger partial charge in [0.2, 0.25) is 0 Å². The van der Waals surface area contributed by atoms with Crippen molar-refractivity contribution in [2.24, 2.45) is 0 Å². The predicted molar refractivity (Wildman–Crippen MR) is 119 cm³/mol. The van der Waals surface area contributed by atoms with Crippen molar-refractivity contribution in [2.75, 3.05) is 0 Å². The third-order valence-electron chi connectivity index (χ3n) is 6.75. The van der Waals surface area contributed by atoms with Crippen LogP contribution in [0.4, 0.5) is 0 Å². The number of aryl methyl sites for hydroxylation is 1. The molecule has 3 aromatic rings. The zero-order valence-electron chi connectivity index (χ0n) is 17.8. The van der Waals surface area contributed by atoms with Crippen molar-refractivity contribution in [2.45, 2.75) is 51.1 Å². The highest BCUT2D eigenvalue weighted by molar-refractivity contribution is 5.55. The van der Waals surface area contributed by atoms with Gasteiger partial charge in [-0.2, -0.15) is 0 Å². The van der Waals surface area contributed by atoms with Crippen LogP contribution in [0.3, 0.4) is 0 Å². The number of aromatic hydroxyl groups is 2. The number of phenols is 2. The molecule has 0 bridgehead atoms. The molecule has 1 aliphatic rings. The zero-order valence-corrected chi connectivity index (χ0v) is 17.8. The van der Waals surface area contributed by atoms with Crippen LogP contribution in [-0.4, -0.2) is 30.6 Å². The van der Waals surface area contributed by atoms with Gasteiger partial charge in [-0.05, 0) is 65.8 Å². The Morgan fingerprint density at radius 1 is 0.625 bits per heavy atom. The molecule has 0 aromatic heterocycles. The lowest BCUT2D eigenvalue weighted by Gasteiger charge is -2.40. The zero-order chi connectivity index (χ0) is 22.9.